The Balaban J connectivity index is 1.99. The van der Waals surface area contributed by atoms with Crippen molar-refractivity contribution in [3.8, 4) is 5.75 Å². The van der Waals surface area contributed by atoms with Gasteiger partial charge >= 0.3 is 11.6 Å². The molecular weight excluding hydrogens is 339 g/mol. The monoisotopic (exact) mass is 348 g/mol. The Hall–Kier alpha value is -2.30. The number of hydrogen-bond donors (Lipinski definition) is 0. The van der Waals surface area contributed by atoms with Gasteiger partial charge < -0.3 is 9.15 Å². The third-order valence-corrected chi connectivity index (χ3v) is 3.72. The second kappa shape index (κ2) is 6.44. The predicted octanol–water partition coefficient (Wildman–Crippen LogP) is 4.40. The van der Waals surface area contributed by atoms with Gasteiger partial charge in [-0.1, -0.05) is 23.7 Å². The van der Waals surface area contributed by atoms with Gasteiger partial charge in [0.2, 0.25) is 0 Å². The van der Waals surface area contributed by atoms with Crippen LogP contribution in [0, 0.1) is 0 Å². The maximum absolute atomic E-state index is 12.2. The molecule has 1 aromatic heterocycles. The number of rotatable bonds is 3. The molecule has 0 spiro atoms. The largest absolute Gasteiger partial charge is 0.423 e. The molecule has 0 amide bonds. The van der Waals surface area contributed by atoms with Gasteiger partial charge in [0.05, 0.1) is 0 Å². The van der Waals surface area contributed by atoms with Crippen molar-refractivity contribution in [1.29, 1.82) is 0 Å². The van der Waals surface area contributed by atoms with Crippen LogP contribution in [0.4, 0.5) is 0 Å². The number of hydrogen-bond acceptors (Lipinski definition) is 4. The van der Waals surface area contributed by atoms with Crippen molar-refractivity contribution in [3.05, 3.63) is 75.1 Å². The van der Waals surface area contributed by atoms with Gasteiger partial charge in [0.1, 0.15) is 16.9 Å². The molecule has 0 aliphatic heterocycles. The number of ether oxygens (including phenoxy) is 1. The first-order valence-corrected chi connectivity index (χ1v) is 7.58. The van der Waals surface area contributed by atoms with E-state index >= 15 is 0 Å². The minimum absolute atomic E-state index is 0.191. The molecule has 0 aliphatic carbocycles. The van der Waals surface area contributed by atoms with Gasteiger partial charge in [-0.05, 0) is 42.0 Å². The van der Waals surface area contributed by atoms with Crippen LogP contribution < -0.4 is 10.4 Å². The Bertz CT molecular complexity index is 947. The fourth-order valence-electron chi connectivity index (χ4n) is 2.09. The zero-order valence-electron chi connectivity index (χ0n) is 11.7. The first-order chi connectivity index (χ1) is 11.1. The Labute approximate surface area is 141 Å². The van der Waals surface area contributed by atoms with Gasteiger partial charge in [-0.25, -0.2) is 9.59 Å². The van der Waals surface area contributed by atoms with E-state index in [0.717, 1.165) is 5.56 Å². The van der Waals surface area contributed by atoms with Crippen molar-refractivity contribution in [2.75, 3.05) is 0 Å². The zero-order valence-corrected chi connectivity index (χ0v) is 13.2. The first-order valence-electron chi connectivity index (χ1n) is 6.67. The third-order valence-electron chi connectivity index (χ3n) is 3.18. The maximum atomic E-state index is 12.2. The lowest BCUT2D eigenvalue weighted by Gasteiger charge is -2.05. The van der Waals surface area contributed by atoms with Crippen LogP contribution in [0.15, 0.2) is 57.7 Å². The van der Waals surface area contributed by atoms with E-state index < -0.39 is 11.6 Å². The minimum Gasteiger partial charge on any atom is -0.423 e. The fraction of sp³-hybridized carbons (Fsp3) is 0.0588. The number of esters is 1. The van der Waals surface area contributed by atoms with Gasteiger partial charge in [0.25, 0.3) is 0 Å². The Morgan fingerprint density at radius 1 is 1.13 bits per heavy atom. The van der Waals surface area contributed by atoms with E-state index in [0.29, 0.717) is 21.9 Å². The number of benzene rings is 2. The molecule has 0 saturated carbocycles. The maximum Gasteiger partial charge on any atom is 0.351 e. The highest BCUT2D eigenvalue weighted by Gasteiger charge is 2.16. The summed E-state index contributed by atoms with van der Waals surface area (Å²) in [6, 6.07) is 12.9. The average molecular weight is 349 g/mol. The zero-order chi connectivity index (χ0) is 16.4. The van der Waals surface area contributed by atoms with E-state index in [1.165, 1.54) is 12.1 Å². The lowest BCUT2D eigenvalue weighted by molar-refractivity contribution is 0.0730. The molecule has 6 heteroatoms. The molecule has 2 aromatic carbocycles. The molecule has 3 aromatic rings. The van der Waals surface area contributed by atoms with E-state index in [1.807, 2.05) is 0 Å². The van der Waals surface area contributed by atoms with Crippen LogP contribution in [0.5, 0.6) is 5.75 Å². The number of halogens is 2. The molecule has 0 aliphatic rings. The SMILES string of the molecule is O=C(Oc1cccc(Cl)c1)c1cc2cc(CCl)ccc2oc1=O. The molecule has 0 saturated heterocycles. The molecule has 0 fully saturated rings. The molecule has 0 N–H and O–H groups in total. The van der Waals surface area contributed by atoms with Crippen LogP contribution in [0.3, 0.4) is 0 Å². The van der Waals surface area contributed by atoms with Gasteiger partial charge in [0, 0.05) is 16.3 Å². The Kier molecular flexibility index (Phi) is 4.37. The molecule has 116 valence electrons. The van der Waals surface area contributed by atoms with Crippen LogP contribution in [-0.4, -0.2) is 5.97 Å². The minimum atomic E-state index is -0.806. The standard InChI is InChI=1S/C17H10Cl2O4/c18-9-10-4-5-15-11(6-10)7-14(17(21)23-15)16(20)22-13-3-1-2-12(19)8-13/h1-8H,9H2. The first kappa shape index (κ1) is 15.6. The lowest BCUT2D eigenvalue weighted by atomic mass is 10.1. The smallest absolute Gasteiger partial charge is 0.351 e. The van der Waals surface area contributed by atoms with E-state index in [-0.39, 0.29) is 11.3 Å². The van der Waals surface area contributed by atoms with E-state index in [4.69, 9.17) is 32.4 Å². The lowest BCUT2D eigenvalue weighted by Crippen LogP contribution is -2.18. The second-order valence-electron chi connectivity index (χ2n) is 4.80. The average Bonchev–Trinajstić information content (AvgIpc) is 2.53. The van der Waals surface area contributed by atoms with Crippen molar-refractivity contribution in [3.63, 3.8) is 0 Å². The van der Waals surface area contributed by atoms with E-state index in [2.05, 4.69) is 0 Å². The van der Waals surface area contributed by atoms with Crippen molar-refractivity contribution in [2.24, 2.45) is 0 Å². The molecule has 0 radical (unpaired) electrons. The van der Waals surface area contributed by atoms with Crippen molar-refractivity contribution in [1.82, 2.24) is 0 Å². The number of carbonyl (C=O) groups excluding carboxylic acids is 1. The summed E-state index contributed by atoms with van der Waals surface area (Å²) < 4.78 is 10.3. The second-order valence-corrected chi connectivity index (χ2v) is 5.50. The predicted molar refractivity (Wildman–Crippen MR) is 88.5 cm³/mol. The molecule has 4 nitrogen and oxygen atoms in total. The highest BCUT2D eigenvalue weighted by atomic mass is 35.5. The number of fused-ring (bicyclic) bond motifs is 1. The van der Waals surface area contributed by atoms with Gasteiger partial charge in [-0.3, -0.25) is 0 Å². The summed E-state index contributed by atoms with van der Waals surface area (Å²) in [5, 5.41) is 1.02. The van der Waals surface area contributed by atoms with Crippen molar-refractivity contribution >= 4 is 40.1 Å². The summed E-state index contributed by atoms with van der Waals surface area (Å²) in [4.78, 5) is 24.2. The topological polar surface area (TPSA) is 56.5 Å². The molecule has 0 atom stereocenters. The van der Waals surface area contributed by atoms with Crippen LogP contribution in [0.1, 0.15) is 15.9 Å². The summed E-state index contributed by atoms with van der Waals surface area (Å²) in [5.74, 6) is -0.243. The third kappa shape index (κ3) is 3.38. The highest BCUT2D eigenvalue weighted by molar-refractivity contribution is 6.30. The molecular formula is C17H10Cl2O4. The summed E-state index contributed by atoms with van der Waals surface area (Å²) in [5.41, 5.74) is 0.276. The van der Waals surface area contributed by atoms with Crippen LogP contribution >= 0.6 is 23.2 Å². The van der Waals surface area contributed by atoms with Crippen LogP contribution in [0.25, 0.3) is 11.0 Å². The van der Waals surface area contributed by atoms with Crippen molar-refractivity contribution in [2.45, 2.75) is 5.88 Å². The normalized spacial score (nSPS) is 10.7. The summed E-state index contributed by atoms with van der Waals surface area (Å²) in [6.45, 7) is 0. The van der Waals surface area contributed by atoms with Crippen LogP contribution in [0.2, 0.25) is 5.02 Å². The molecule has 0 bridgehead atoms. The molecule has 3 rings (SSSR count). The van der Waals surface area contributed by atoms with Gasteiger partial charge in [-0.2, -0.15) is 0 Å². The summed E-state index contributed by atoms with van der Waals surface area (Å²) in [7, 11) is 0. The summed E-state index contributed by atoms with van der Waals surface area (Å²) >= 11 is 11.6. The number of carbonyl (C=O) groups is 1. The molecule has 1 heterocycles. The Morgan fingerprint density at radius 3 is 2.70 bits per heavy atom. The van der Waals surface area contributed by atoms with Crippen LogP contribution in [-0.2, 0) is 5.88 Å². The van der Waals surface area contributed by atoms with E-state index in [1.54, 1.807) is 36.4 Å². The molecule has 0 unspecified atom stereocenters. The highest BCUT2D eigenvalue weighted by Crippen LogP contribution is 2.20. The Morgan fingerprint density at radius 2 is 1.96 bits per heavy atom. The summed E-state index contributed by atoms with van der Waals surface area (Å²) in [6.07, 6.45) is 0. The fourth-order valence-corrected chi connectivity index (χ4v) is 2.44. The number of alkyl halides is 1. The van der Waals surface area contributed by atoms with E-state index in [9.17, 15) is 9.59 Å². The van der Waals surface area contributed by atoms with Crippen molar-refractivity contribution < 1.29 is 13.9 Å². The molecule has 23 heavy (non-hydrogen) atoms. The quantitative estimate of drug-likeness (QED) is 0.304. The van der Waals surface area contributed by atoms with Gasteiger partial charge in [-0.15, -0.1) is 11.6 Å². The van der Waals surface area contributed by atoms with Gasteiger partial charge in [0.15, 0.2) is 0 Å².